The number of benzene rings is 2. The maximum atomic E-state index is 12.8. The van der Waals surface area contributed by atoms with Gasteiger partial charge in [-0.2, -0.15) is 0 Å². The number of aryl methyl sites for hydroxylation is 1. The highest BCUT2D eigenvalue weighted by Gasteiger charge is 2.22. The number of amides is 2. The quantitative estimate of drug-likeness (QED) is 0.486. The van der Waals surface area contributed by atoms with Crippen LogP contribution in [0.15, 0.2) is 72.1 Å². The van der Waals surface area contributed by atoms with E-state index in [0.29, 0.717) is 30.9 Å². The van der Waals surface area contributed by atoms with Gasteiger partial charge in [0.15, 0.2) is 0 Å². The van der Waals surface area contributed by atoms with Gasteiger partial charge in [-0.25, -0.2) is 0 Å². The zero-order valence-corrected chi connectivity index (χ0v) is 17.8. The average Bonchev–Trinajstić information content (AvgIpc) is 3.29. The number of hydrogen-bond donors (Lipinski definition) is 2. The van der Waals surface area contributed by atoms with Gasteiger partial charge in [0, 0.05) is 13.0 Å². The Hall–Kier alpha value is -3.12. The summed E-state index contributed by atoms with van der Waals surface area (Å²) in [6.45, 7) is 3.00. The molecule has 0 aliphatic heterocycles. The number of carbonyl (C=O) groups is 2. The van der Waals surface area contributed by atoms with E-state index in [1.165, 1.54) is 11.3 Å². The van der Waals surface area contributed by atoms with Crippen molar-refractivity contribution in [2.75, 3.05) is 13.2 Å². The minimum atomic E-state index is -0.639. The molecule has 1 aromatic heterocycles. The fourth-order valence-electron chi connectivity index (χ4n) is 3.00. The second-order valence-corrected chi connectivity index (χ2v) is 7.95. The Bertz CT molecular complexity index is 942. The van der Waals surface area contributed by atoms with Crippen molar-refractivity contribution in [2.24, 2.45) is 0 Å². The molecule has 2 amide bonds. The summed E-state index contributed by atoms with van der Waals surface area (Å²) in [4.78, 5) is 25.8. The van der Waals surface area contributed by atoms with E-state index in [-0.39, 0.29) is 11.8 Å². The normalized spacial score (nSPS) is 11.5. The predicted molar refractivity (Wildman–Crippen MR) is 120 cm³/mol. The lowest BCUT2D eigenvalue weighted by Crippen LogP contribution is -2.48. The summed E-state index contributed by atoms with van der Waals surface area (Å²) in [6.07, 6.45) is 1.11. The molecule has 0 bridgehead atoms. The number of ether oxygens (including phenoxy) is 1. The highest BCUT2D eigenvalue weighted by molar-refractivity contribution is 7.12. The minimum Gasteiger partial charge on any atom is -0.494 e. The van der Waals surface area contributed by atoms with Gasteiger partial charge in [-0.05, 0) is 48.1 Å². The van der Waals surface area contributed by atoms with Gasteiger partial charge in [0.1, 0.15) is 11.8 Å². The van der Waals surface area contributed by atoms with Crippen LogP contribution < -0.4 is 15.4 Å². The second kappa shape index (κ2) is 11.2. The van der Waals surface area contributed by atoms with E-state index < -0.39 is 6.04 Å². The fourth-order valence-corrected chi connectivity index (χ4v) is 3.63. The molecule has 0 saturated heterocycles. The van der Waals surface area contributed by atoms with Gasteiger partial charge in [0.25, 0.3) is 5.91 Å². The molecule has 3 aromatic rings. The summed E-state index contributed by atoms with van der Waals surface area (Å²) >= 11 is 1.35. The van der Waals surface area contributed by atoms with Gasteiger partial charge < -0.3 is 15.4 Å². The number of carbonyl (C=O) groups excluding carboxylic acids is 2. The predicted octanol–water partition coefficient (Wildman–Crippen LogP) is 3.98. The van der Waals surface area contributed by atoms with Crippen molar-refractivity contribution < 1.29 is 14.3 Å². The smallest absolute Gasteiger partial charge is 0.262 e. The highest BCUT2D eigenvalue weighted by Crippen LogP contribution is 2.12. The summed E-state index contributed by atoms with van der Waals surface area (Å²) < 4.78 is 5.72. The van der Waals surface area contributed by atoms with E-state index in [0.717, 1.165) is 16.9 Å². The van der Waals surface area contributed by atoms with Crippen LogP contribution in [0.4, 0.5) is 0 Å². The van der Waals surface area contributed by atoms with E-state index in [2.05, 4.69) is 10.6 Å². The molecule has 3 rings (SSSR count). The van der Waals surface area contributed by atoms with Crippen molar-refractivity contribution >= 4 is 23.2 Å². The van der Waals surface area contributed by atoms with E-state index in [9.17, 15) is 9.59 Å². The Labute approximate surface area is 181 Å². The van der Waals surface area contributed by atoms with E-state index in [4.69, 9.17) is 4.74 Å². The molecule has 0 spiro atoms. The van der Waals surface area contributed by atoms with Crippen LogP contribution in [0.25, 0.3) is 0 Å². The largest absolute Gasteiger partial charge is 0.494 e. The summed E-state index contributed by atoms with van der Waals surface area (Å²) in [6, 6.07) is 20.5. The van der Waals surface area contributed by atoms with Gasteiger partial charge in [-0.3, -0.25) is 9.59 Å². The molecule has 0 unspecified atom stereocenters. The Kier molecular flexibility index (Phi) is 8.03. The van der Waals surface area contributed by atoms with Crippen LogP contribution in [0.1, 0.15) is 27.2 Å². The molecule has 0 aliphatic carbocycles. The first kappa shape index (κ1) is 21.6. The maximum Gasteiger partial charge on any atom is 0.262 e. The summed E-state index contributed by atoms with van der Waals surface area (Å²) in [5.41, 5.74) is 2.14. The summed E-state index contributed by atoms with van der Waals surface area (Å²) in [5.74, 6) is 0.398. The molecule has 0 fully saturated rings. The molecule has 2 N–H and O–H groups in total. The summed E-state index contributed by atoms with van der Waals surface area (Å²) in [5, 5.41) is 7.63. The lowest BCUT2D eigenvalue weighted by molar-refractivity contribution is -0.122. The van der Waals surface area contributed by atoms with Crippen LogP contribution in [0, 0.1) is 6.92 Å². The van der Waals surface area contributed by atoms with Crippen molar-refractivity contribution in [3.05, 3.63) is 88.1 Å². The third-order valence-corrected chi connectivity index (χ3v) is 5.40. The first-order valence-corrected chi connectivity index (χ1v) is 10.9. The third-order valence-electron chi connectivity index (χ3n) is 4.53. The van der Waals surface area contributed by atoms with Crippen LogP contribution in [0.5, 0.6) is 5.75 Å². The van der Waals surface area contributed by atoms with Crippen molar-refractivity contribution in [3.63, 3.8) is 0 Å². The summed E-state index contributed by atoms with van der Waals surface area (Å²) in [7, 11) is 0. The van der Waals surface area contributed by atoms with Crippen LogP contribution in [-0.4, -0.2) is 31.0 Å². The van der Waals surface area contributed by atoms with Gasteiger partial charge in [-0.1, -0.05) is 48.5 Å². The third kappa shape index (κ3) is 6.74. The monoisotopic (exact) mass is 422 g/mol. The van der Waals surface area contributed by atoms with Crippen LogP contribution >= 0.6 is 11.3 Å². The molecule has 0 saturated carbocycles. The molecule has 1 heterocycles. The van der Waals surface area contributed by atoms with Crippen molar-refractivity contribution in [1.29, 1.82) is 0 Å². The highest BCUT2D eigenvalue weighted by atomic mass is 32.1. The maximum absolute atomic E-state index is 12.8. The van der Waals surface area contributed by atoms with E-state index >= 15 is 0 Å². The van der Waals surface area contributed by atoms with Gasteiger partial charge >= 0.3 is 0 Å². The van der Waals surface area contributed by atoms with Crippen LogP contribution in [0.2, 0.25) is 0 Å². The van der Waals surface area contributed by atoms with Crippen LogP contribution in [-0.2, 0) is 11.2 Å². The van der Waals surface area contributed by atoms with Gasteiger partial charge in [-0.15, -0.1) is 11.3 Å². The zero-order chi connectivity index (χ0) is 21.2. The molecular weight excluding hydrogens is 396 g/mol. The van der Waals surface area contributed by atoms with Gasteiger partial charge in [0.2, 0.25) is 5.91 Å². The van der Waals surface area contributed by atoms with E-state index in [1.807, 2.05) is 73.0 Å². The first-order valence-electron chi connectivity index (χ1n) is 9.97. The first-order chi connectivity index (χ1) is 14.6. The van der Waals surface area contributed by atoms with Crippen molar-refractivity contribution in [3.8, 4) is 5.75 Å². The Morgan fingerprint density at radius 3 is 2.60 bits per heavy atom. The average molecular weight is 423 g/mol. The van der Waals surface area contributed by atoms with E-state index in [1.54, 1.807) is 6.07 Å². The van der Waals surface area contributed by atoms with Crippen molar-refractivity contribution in [2.45, 2.75) is 25.8 Å². The molecule has 30 heavy (non-hydrogen) atoms. The minimum absolute atomic E-state index is 0.195. The molecule has 0 radical (unpaired) electrons. The molecule has 2 aromatic carbocycles. The second-order valence-electron chi connectivity index (χ2n) is 7.00. The topological polar surface area (TPSA) is 67.4 Å². The molecular formula is C24H26N2O3S. The molecule has 1 atom stereocenters. The van der Waals surface area contributed by atoms with Crippen molar-refractivity contribution in [1.82, 2.24) is 10.6 Å². The van der Waals surface area contributed by atoms with Gasteiger partial charge in [0.05, 0.1) is 11.5 Å². The molecule has 5 nitrogen and oxygen atoms in total. The number of rotatable bonds is 10. The number of hydrogen-bond acceptors (Lipinski definition) is 4. The van der Waals surface area contributed by atoms with Crippen LogP contribution in [0.3, 0.4) is 0 Å². The molecule has 156 valence electrons. The lowest BCUT2D eigenvalue weighted by atomic mass is 10.1. The Balaban J connectivity index is 1.51. The Morgan fingerprint density at radius 1 is 1.03 bits per heavy atom. The number of thiophene rings is 1. The lowest BCUT2D eigenvalue weighted by Gasteiger charge is -2.18. The standard InChI is InChI=1S/C24H26N2O3S/c1-18-8-5-11-20(16-18)29-14-7-13-25-23(27)21(17-19-9-3-2-4-10-19)26-24(28)22-12-6-15-30-22/h2-6,8-12,15-16,21H,7,13-14,17H2,1H3,(H,25,27)(H,26,28)/t21-/m0/s1. The molecule has 0 aliphatic rings. The molecule has 6 heteroatoms. The number of nitrogens with one attached hydrogen (secondary N) is 2. The zero-order valence-electron chi connectivity index (χ0n) is 17.0. The fraction of sp³-hybridized carbons (Fsp3) is 0.250. The SMILES string of the molecule is Cc1cccc(OCCCNC(=O)[C@H](Cc2ccccc2)NC(=O)c2cccs2)c1. The Morgan fingerprint density at radius 2 is 1.87 bits per heavy atom.